The highest BCUT2D eigenvalue weighted by Crippen LogP contribution is 2.15. The Morgan fingerprint density at radius 2 is 2.10 bits per heavy atom. The van der Waals surface area contributed by atoms with Gasteiger partial charge in [0, 0.05) is 18.6 Å². The summed E-state index contributed by atoms with van der Waals surface area (Å²) in [5, 5.41) is 3.71. The lowest BCUT2D eigenvalue weighted by Crippen LogP contribution is -2.46. The number of likely N-dealkylation sites (tertiary alicyclic amines) is 1. The molecule has 1 aromatic rings. The summed E-state index contributed by atoms with van der Waals surface area (Å²) in [6.07, 6.45) is 3.61. The minimum absolute atomic E-state index is 0.637. The molecule has 3 nitrogen and oxygen atoms in total. The van der Waals surface area contributed by atoms with E-state index in [4.69, 9.17) is 5.73 Å². The average molecular weight is 275 g/mol. The van der Waals surface area contributed by atoms with E-state index in [-0.39, 0.29) is 0 Å². The van der Waals surface area contributed by atoms with Crippen molar-refractivity contribution in [3.05, 3.63) is 35.4 Å². The number of rotatable bonds is 6. The van der Waals surface area contributed by atoms with Crippen LogP contribution in [0.2, 0.25) is 0 Å². The molecule has 112 valence electrons. The van der Waals surface area contributed by atoms with Crippen LogP contribution in [0.25, 0.3) is 0 Å². The number of nitrogens with two attached hydrogens (primary N) is 1. The van der Waals surface area contributed by atoms with Crippen LogP contribution < -0.4 is 11.1 Å². The summed E-state index contributed by atoms with van der Waals surface area (Å²) in [7, 11) is 0. The van der Waals surface area contributed by atoms with Crippen molar-refractivity contribution >= 4 is 0 Å². The fraction of sp³-hybridized carbons (Fsp3) is 0.647. The molecule has 1 aromatic carbocycles. The third-order valence-corrected chi connectivity index (χ3v) is 4.41. The quantitative estimate of drug-likeness (QED) is 0.837. The Kier molecular flexibility index (Phi) is 6.02. The molecule has 1 unspecified atom stereocenters. The zero-order valence-electron chi connectivity index (χ0n) is 12.9. The van der Waals surface area contributed by atoms with E-state index in [1.54, 1.807) is 0 Å². The van der Waals surface area contributed by atoms with Gasteiger partial charge in [0.2, 0.25) is 0 Å². The fourth-order valence-corrected chi connectivity index (χ4v) is 3.05. The summed E-state index contributed by atoms with van der Waals surface area (Å²) < 4.78 is 0. The first-order valence-corrected chi connectivity index (χ1v) is 7.92. The predicted octanol–water partition coefficient (Wildman–Crippen LogP) is 2.29. The third-order valence-electron chi connectivity index (χ3n) is 4.41. The van der Waals surface area contributed by atoms with Gasteiger partial charge in [-0.1, -0.05) is 29.8 Å². The number of piperidine rings is 1. The van der Waals surface area contributed by atoms with Crippen LogP contribution in [0.1, 0.15) is 37.3 Å². The number of hydrogen-bond donors (Lipinski definition) is 2. The van der Waals surface area contributed by atoms with Gasteiger partial charge in [0.25, 0.3) is 0 Å². The summed E-state index contributed by atoms with van der Waals surface area (Å²) >= 11 is 0. The second-order valence-electron chi connectivity index (χ2n) is 6.11. The van der Waals surface area contributed by atoms with E-state index in [0.29, 0.717) is 12.1 Å². The van der Waals surface area contributed by atoms with E-state index in [0.717, 1.165) is 19.5 Å². The smallest absolute Gasteiger partial charge is 0.0208 e. The summed E-state index contributed by atoms with van der Waals surface area (Å²) in [5.41, 5.74) is 8.38. The highest BCUT2D eigenvalue weighted by atomic mass is 15.2. The lowest BCUT2D eigenvalue weighted by molar-refractivity contribution is 0.147. The first kappa shape index (κ1) is 15.5. The molecule has 0 saturated carbocycles. The van der Waals surface area contributed by atoms with Crippen molar-refractivity contribution in [2.75, 3.05) is 19.6 Å². The normalized spacial score (nSPS) is 19.1. The Balaban J connectivity index is 1.72. The van der Waals surface area contributed by atoms with E-state index >= 15 is 0 Å². The average Bonchev–Trinajstić information content (AvgIpc) is 2.46. The third kappa shape index (κ3) is 4.58. The zero-order chi connectivity index (χ0) is 14.4. The maximum atomic E-state index is 5.65. The molecule has 1 atom stereocenters. The minimum atomic E-state index is 0.637. The van der Waals surface area contributed by atoms with Crippen LogP contribution in [0.5, 0.6) is 0 Å². The lowest BCUT2D eigenvalue weighted by Gasteiger charge is -2.36. The minimum Gasteiger partial charge on any atom is -0.330 e. The highest BCUT2D eigenvalue weighted by molar-refractivity contribution is 5.22. The monoisotopic (exact) mass is 275 g/mol. The summed E-state index contributed by atoms with van der Waals surface area (Å²) in [4.78, 5) is 2.58. The molecule has 3 heteroatoms. The van der Waals surface area contributed by atoms with Gasteiger partial charge in [0.15, 0.2) is 0 Å². The van der Waals surface area contributed by atoms with Crippen molar-refractivity contribution in [3.8, 4) is 0 Å². The second-order valence-corrected chi connectivity index (χ2v) is 6.11. The molecule has 20 heavy (non-hydrogen) atoms. The van der Waals surface area contributed by atoms with E-state index in [9.17, 15) is 0 Å². The van der Waals surface area contributed by atoms with Crippen molar-refractivity contribution in [2.24, 2.45) is 5.73 Å². The molecule has 1 aliphatic rings. The van der Waals surface area contributed by atoms with Gasteiger partial charge in [-0.15, -0.1) is 0 Å². The Hall–Kier alpha value is -0.900. The van der Waals surface area contributed by atoms with E-state index in [2.05, 4.69) is 48.3 Å². The maximum Gasteiger partial charge on any atom is 0.0208 e. The zero-order valence-corrected chi connectivity index (χ0v) is 12.9. The van der Waals surface area contributed by atoms with Crippen molar-refractivity contribution in [2.45, 2.75) is 51.7 Å². The molecule has 0 bridgehead atoms. The van der Waals surface area contributed by atoms with E-state index in [1.807, 2.05) is 0 Å². The number of nitrogens with one attached hydrogen (secondary N) is 1. The SMILES string of the molecule is Cc1cccc(CNC2CCN(C(C)CCN)CC2)c1. The van der Waals surface area contributed by atoms with Gasteiger partial charge in [-0.25, -0.2) is 0 Å². The van der Waals surface area contributed by atoms with Gasteiger partial charge < -0.3 is 16.0 Å². The van der Waals surface area contributed by atoms with Crippen LogP contribution in [0.15, 0.2) is 24.3 Å². The highest BCUT2D eigenvalue weighted by Gasteiger charge is 2.21. The van der Waals surface area contributed by atoms with Crippen LogP contribution in [0.3, 0.4) is 0 Å². The van der Waals surface area contributed by atoms with Crippen molar-refractivity contribution in [1.82, 2.24) is 10.2 Å². The van der Waals surface area contributed by atoms with Gasteiger partial charge in [-0.2, -0.15) is 0 Å². The molecule has 0 spiro atoms. The van der Waals surface area contributed by atoms with Gasteiger partial charge in [-0.3, -0.25) is 0 Å². The Bertz CT molecular complexity index is 397. The van der Waals surface area contributed by atoms with Crippen molar-refractivity contribution < 1.29 is 0 Å². The standard InChI is InChI=1S/C17H29N3/c1-14-4-3-5-16(12-14)13-19-17-7-10-20(11-8-17)15(2)6-9-18/h3-5,12,15,17,19H,6-11,13,18H2,1-2H3. The second kappa shape index (κ2) is 7.77. The molecule has 0 aromatic heterocycles. The summed E-state index contributed by atoms with van der Waals surface area (Å²) in [6.45, 7) is 8.64. The number of aryl methyl sites for hydroxylation is 1. The molecular formula is C17H29N3. The maximum absolute atomic E-state index is 5.65. The molecule has 0 amide bonds. The van der Waals surface area contributed by atoms with Gasteiger partial charge in [-0.05, 0) is 58.3 Å². The van der Waals surface area contributed by atoms with Crippen molar-refractivity contribution in [3.63, 3.8) is 0 Å². The number of hydrogen-bond acceptors (Lipinski definition) is 3. The van der Waals surface area contributed by atoms with Crippen LogP contribution in [0, 0.1) is 6.92 Å². The van der Waals surface area contributed by atoms with E-state index < -0.39 is 0 Å². The van der Waals surface area contributed by atoms with Crippen LogP contribution in [0.4, 0.5) is 0 Å². The molecule has 3 N–H and O–H groups in total. The number of benzene rings is 1. The topological polar surface area (TPSA) is 41.3 Å². The molecule has 1 fully saturated rings. The first-order chi connectivity index (χ1) is 9.69. The molecule has 1 aliphatic heterocycles. The molecule has 0 radical (unpaired) electrons. The fourth-order valence-electron chi connectivity index (χ4n) is 3.05. The van der Waals surface area contributed by atoms with Gasteiger partial charge in [0.1, 0.15) is 0 Å². The molecular weight excluding hydrogens is 246 g/mol. The van der Waals surface area contributed by atoms with Crippen LogP contribution >= 0.6 is 0 Å². The van der Waals surface area contributed by atoms with Gasteiger partial charge in [0.05, 0.1) is 0 Å². The molecule has 2 rings (SSSR count). The van der Waals surface area contributed by atoms with Gasteiger partial charge >= 0.3 is 0 Å². The Morgan fingerprint density at radius 3 is 2.75 bits per heavy atom. The van der Waals surface area contributed by atoms with Crippen LogP contribution in [-0.2, 0) is 6.54 Å². The predicted molar refractivity (Wildman–Crippen MR) is 85.7 cm³/mol. The summed E-state index contributed by atoms with van der Waals surface area (Å²) in [5.74, 6) is 0. The molecule has 1 heterocycles. The van der Waals surface area contributed by atoms with Crippen LogP contribution in [-0.4, -0.2) is 36.6 Å². The first-order valence-electron chi connectivity index (χ1n) is 7.92. The Morgan fingerprint density at radius 1 is 1.35 bits per heavy atom. The lowest BCUT2D eigenvalue weighted by atomic mass is 10.0. The number of nitrogens with zero attached hydrogens (tertiary/aromatic N) is 1. The largest absolute Gasteiger partial charge is 0.330 e. The molecule has 0 aliphatic carbocycles. The Labute approximate surface area is 123 Å². The summed E-state index contributed by atoms with van der Waals surface area (Å²) in [6, 6.07) is 10.1. The van der Waals surface area contributed by atoms with Crippen molar-refractivity contribution in [1.29, 1.82) is 0 Å². The molecule has 1 saturated heterocycles. The van der Waals surface area contributed by atoms with E-state index in [1.165, 1.54) is 37.1 Å².